The molecule has 2 aromatic rings. The largest absolute Gasteiger partial charge is 0.369 e. The second-order valence-corrected chi connectivity index (χ2v) is 9.79. The normalized spacial score (nSPS) is 24.4. The molecular weight excluding hydrogens is 388 g/mol. The van der Waals surface area contributed by atoms with Crippen LogP contribution in [0.1, 0.15) is 50.8 Å². The van der Waals surface area contributed by atoms with Crippen molar-refractivity contribution >= 4 is 23.1 Å². The molecule has 5 rings (SSSR count). The molecule has 0 saturated carbocycles. The number of nitrogens with one attached hydrogen (secondary N) is 3. The third kappa shape index (κ3) is 3.55. The minimum atomic E-state index is -0.321. The molecule has 1 aromatic carbocycles. The highest BCUT2D eigenvalue weighted by atomic mass is 16.2. The maximum Gasteiger partial charge on any atom is 0.243 e. The number of hydrogen-bond acceptors (Lipinski definition) is 6. The molecule has 3 aliphatic heterocycles. The zero-order valence-electron chi connectivity index (χ0n) is 18.6. The number of piperidine rings is 1. The van der Waals surface area contributed by atoms with E-state index in [4.69, 9.17) is 0 Å². The minimum absolute atomic E-state index is 0.00405. The summed E-state index contributed by atoms with van der Waals surface area (Å²) in [6, 6.07) is 8.20. The lowest BCUT2D eigenvalue weighted by Crippen LogP contribution is -2.43. The van der Waals surface area contributed by atoms with Crippen LogP contribution in [-0.2, 0) is 10.2 Å². The van der Waals surface area contributed by atoms with Gasteiger partial charge in [0.2, 0.25) is 5.91 Å². The van der Waals surface area contributed by atoms with E-state index in [0.717, 1.165) is 56.2 Å². The van der Waals surface area contributed by atoms with Crippen LogP contribution in [0.5, 0.6) is 0 Å². The molecule has 1 fully saturated rings. The molecule has 1 saturated heterocycles. The molecule has 1 amide bonds. The van der Waals surface area contributed by atoms with E-state index in [0.29, 0.717) is 5.92 Å². The van der Waals surface area contributed by atoms with E-state index in [9.17, 15) is 4.79 Å². The molecule has 1 aromatic heterocycles. The Labute approximate surface area is 184 Å². The number of anilines is 3. The van der Waals surface area contributed by atoms with Gasteiger partial charge in [0.1, 0.15) is 18.1 Å². The minimum Gasteiger partial charge on any atom is -0.369 e. The highest BCUT2D eigenvalue weighted by Crippen LogP contribution is 2.48. The predicted octanol–water partition coefficient (Wildman–Crippen LogP) is 2.92. The fraction of sp³-hybridized carbons (Fsp3) is 0.542. The summed E-state index contributed by atoms with van der Waals surface area (Å²) in [7, 11) is 0. The van der Waals surface area contributed by atoms with Gasteiger partial charge >= 0.3 is 0 Å². The molecule has 0 spiro atoms. The number of nitrogens with zero attached hydrogens (tertiary/aromatic N) is 3. The van der Waals surface area contributed by atoms with Crippen LogP contribution in [0.25, 0.3) is 0 Å². The van der Waals surface area contributed by atoms with Gasteiger partial charge in [-0.3, -0.25) is 4.79 Å². The molecule has 0 aliphatic carbocycles. The average Bonchev–Trinajstić information content (AvgIpc) is 3.27. The summed E-state index contributed by atoms with van der Waals surface area (Å²) in [6.07, 6.45) is 3.87. The van der Waals surface area contributed by atoms with Gasteiger partial charge in [-0.25, -0.2) is 9.97 Å². The third-order valence-corrected chi connectivity index (χ3v) is 7.13. The first kappa shape index (κ1) is 20.2. The number of rotatable bonds is 4. The second kappa shape index (κ2) is 7.79. The Hall–Kier alpha value is -2.67. The second-order valence-electron chi connectivity index (χ2n) is 9.79. The summed E-state index contributed by atoms with van der Waals surface area (Å²) in [5, 5.41) is 10.0. The van der Waals surface area contributed by atoms with Crippen molar-refractivity contribution in [3.63, 3.8) is 0 Å². The molecule has 4 heterocycles. The summed E-state index contributed by atoms with van der Waals surface area (Å²) in [6.45, 7) is 10.3. The number of fused-ring (bicyclic) bond motifs is 2. The smallest absolute Gasteiger partial charge is 0.243 e. The van der Waals surface area contributed by atoms with Gasteiger partial charge < -0.3 is 20.9 Å². The Morgan fingerprint density at radius 2 is 2.00 bits per heavy atom. The van der Waals surface area contributed by atoms with Crippen LogP contribution in [0.2, 0.25) is 0 Å². The Balaban J connectivity index is 1.37. The van der Waals surface area contributed by atoms with Gasteiger partial charge in [-0.15, -0.1) is 0 Å². The fourth-order valence-electron chi connectivity index (χ4n) is 5.29. The number of hydrogen-bond donors (Lipinski definition) is 3. The van der Waals surface area contributed by atoms with Gasteiger partial charge in [-0.05, 0) is 43.5 Å². The van der Waals surface area contributed by atoms with Crippen LogP contribution in [-0.4, -0.2) is 48.1 Å². The van der Waals surface area contributed by atoms with E-state index in [1.807, 2.05) is 0 Å². The molecule has 0 bridgehead atoms. The standard InChI is InChI=1S/C24H32N6O/c1-15-19-21(29-20(15)23(31)26-12-16-8-10-25-11-9-16)22(28-14-27-19)30-13-24(2,3)17-6-4-5-7-18(17)30/h4-7,14-16,20,25,29H,8-13H2,1-3H3,(H,26,31)/t15-,20?/m0/s1. The number of benzene rings is 1. The van der Waals surface area contributed by atoms with Gasteiger partial charge in [-0.2, -0.15) is 0 Å². The number of amides is 1. The van der Waals surface area contributed by atoms with Crippen molar-refractivity contribution in [2.24, 2.45) is 5.92 Å². The first-order chi connectivity index (χ1) is 15.0. The highest BCUT2D eigenvalue weighted by Gasteiger charge is 2.41. The molecule has 7 heteroatoms. The quantitative estimate of drug-likeness (QED) is 0.706. The van der Waals surface area contributed by atoms with Crippen LogP contribution >= 0.6 is 0 Å². The van der Waals surface area contributed by atoms with E-state index < -0.39 is 0 Å². The molecule has 7 nitrogen and oxygen atoms in total. The molecule has 31 heavy (non-hydrogen) atoms. The maximum atomic E-state index is 13.0. The van der Waals surface area contributed by atoms with Crippen molar-refractivity contribution < 1.29 is 4.79 Å². The van der Waals surface area contributed by atoms with Crippen LogP contribution in [0.4, 0.5) is 17.2 Å². The van der Waals surface area contributed by atoms with Gasteiger partial charge in [0.25, 0.3) is 0 Å². The molecule has 0 radical (unpaired) electrons. The number of para-hydroxylation sites is 1. The van der Waals surface area contributed by atoms with Crippen molar-refractivity contribution in [1.82, 2.24) is 20.6 Å². The van der Waals surface area contributed by atoms with Gasteiger partial charge in [0, 0.05) is 30.1 Å². The van der Waals surface area contributed by atoms with E-state index in [2.05, 4.69) is 75.9 Å². The van der Waals surface area contributed by atoms with Gasteiger partial charge in [0.05, 0.1) is 5.69 Å². The van der Waals surface area contributed by atoms with Crippen molar-refractivity contribution in [3.8, 4) is 0 Å². The summed E-state index contributed by atoms with van der Waals surface area (Å²) in [5.74, 6) is 1.47. The molecule has 3 N–H and O–H groups in total. The SMILES string of the molecule is C[C@H]1c2ncnc(N3CC(C)(C)c4ccccc43)c2NC1C(=O)NCC1CCNCC1. The van der Waals surface area contributed by atoms with Crippen molar-refractivity contribution in [1.29, 1.82) is 0 Å². The first-order valence-corrected chi connectivity index (χ1v) is 11.4. The van der Waals surface area contributed by atoms with Crippen molar-refractivity contribution in [2.45, 2.75) is 51.0 Å². The first-order valence-electron chi connectivity index (χ1n) is 11.4. The van der Waals surface area contributed by atoms with Crippen LogP contribution in [0.15, 0.2) is 30.6 Å². The van der Waals surface area contributed by atoms with Crippen LogP contribution < -0.4 is 20.9 Å². The Morgan fingerprint density at radius 1 is 1.23 bits per heavy atom. The number of aromatic nitrogens is 2. The predicted molar refractivity (Wildman–Crippen MR) is 123 cm³/mol. The van der Waals surface area contributed by atoms with E-state index in [1.165, 1.54) is 11.3 Å². The summed E-state index contributed by atoms with van der Waals surface area (Å²) >= 11 is 0. The maximum absolute atomic E-state index is 13.0. The molecular formula is C24H32N6O. The fourth-order valence-corrected chi connectivity index (χ4v) is 5.29. The lowest BCUT2D eigenvalue weighted by Gasteiger charge is -2.24. The Bertz CT molecular complexity index is 984. The van der Waals surface area contributed by atoms with Crippen LogP contribution in [0, 0.1) is 5.92 Å². The molecule has 1 unspecified atom stereocenters. The summed E-state index contributed by atoms with van der Waals surface area (Å²) in [4.78, 5) is 24.5. The van der Waals surface area contributed by atoms with Gasteiger partial charge in [0.15, 0.2) is 5.82 Å². The van der Waals surface area contributed by atoms with Gasteiger partial charge in [-0.1, -0.05) is 39.0 Å². The lowest BCUT2D eigenvalue weighted by molar-refractivity contribution is -0.122. The highest BCUT2D eigenvalue weighted by molar-refractivity contribution is 5.91. The summed E-state index contributed by atoms with van der Waals surface area (Å²) < 4.78 is 0. The van der Waals surface area contributed by atoms with Crippen LogP contribution in [0.3, 0.4) is 0 Å². The van der Waals surface area contributed by atoms with Crippen molar-refractivity contribution in [3.05, 3.63) is 41.9 Å². The van der Waals surface area contributed by atoms with E-state index in [-0.39, 0.29) is 23.3 Å². The Morgan fingerprint density at radius 3 is 2.81 bits per heavy atom. The Kier molecular flexibility index (Phi) is 5.08. The zero-order chi connectivity index (χ0) is 21.6. The third-order valence-electron chi connectivity index (χ3n) is 7.13. The summed E-state index contributed by atoms with van der Waals surface area (Å²) in [5.41, 5.74) is 4.36. The number of carbonyl (C=O) groups is 1. The lowest BCUT2D eigenvalue weighted by atomic mass is 9.87. The van der Waals surface area contributed by atoms with Crippen molar-refractivity contribution in [2.75, 3.05) is 36.4 Å². The van der Waals surface area contributed by atoms with E-state index >= 15 is 0 Å². The number of carbonyl (C=O) groups excluding carboxylic acids is 1. The monoisotopic (exact) mass is 420 g/mol. The van der Waals surface area contributed by atoms with E-state index in [1.54, 1.807) is 6.33 Å². The molecule has 2 atom stereocenters. The topological polar surface area (TPSA) is 82.2 Å². The zero-order valence-corrected chi connectivity index (χ0v) is 18.6. The molecule has 3 aliphatic rings. The molecule has 164 valence electrons. The average molecular weight is 421 g/mol.